The van der Waals surface area contributed by atoms with Crippen molar-refractivity contribution < 1.29 is 9.53 Å². The van der Waals surface area contributed by atoms with E-state index in [0.29, 0.717) is 11.3 Å². The maximum absolute atomic E-state index is 12.0. The van der Waals surface area contributed by atoms with Crippen molar-refractivity contribution in [1.82, 2.24) is 5.32 Å². The quantitative estimate of drug-likeness (QED) is 0.674. The predicted octanol–water partition coefficient (Wildman–Crippen LogP) is 4.40. The molecule has 1 aliphatic rings. The second-order valence-electron chi connectivity index (χ2n) is 5.67. The van der Waals surface area contributed by atoms with Gasteiger partial charge in [-0.1, -0.05) is 42.5 Å². The molecule has 0 saturated heterocycles. The molecule has 23 heavy (non-hydrogen) atoms. The summed E-state index contributed by atoms with van der Waals surface area (Å²) in [5.41, 5.74) is 4.01. The molecule has 1 aliphatic heterocycles. The van der Waals surface area contributed by atoms with Crippen molar-refractivity contribution in [3.63, 3.8) is 0 Å². The Morgan fingerprint density at radius 1 is 0.913 bits per heavy atom. The molecule has 0 fully saturated rings. The molecule has 1 heterocycles. The topological polar surface area (TPSA) is 38.3 Å². The number of benzene rings is 2. The van der Waals surface area contributed by atoms with Gasteiger partial charge in [0.1, 0.15) is 5.75 Å². The van der Waals surface area contributed by atoms with E-state index in [0.717, 1.165) is 11.4 Å². The molecular formula is C20H19NO2. The summed E-state index contributed by atoms with van der Waals surface area (Å²) < 4.78 is 5.40. The lowest BCUT2D eigenvalue weighted by atomic mass is 9.95. The number of ether oxygens (including phenoxy) is 1. The Morgan fingerprint density at radius 2 is 1.52 bits per heavy atom. The fourth-order valence-corrected chi connectivity index (χ4v) is 2.67. The molecule has 2 aromatic rings. The van der Waals surface area contributed by atoms with Crippen LogP contribution in [0.15, 0.2) is 78.1 Å². The van der Waals surface area contributed by atoms with Crippen LogP contribution in [0.25, 0.3) is 0 Å². The van der Waals surface area contributed by atoms with Crippen LogP contribution in [0.1, 0.15) is 35.7 Å². The van der Waals surface area contributed by atoms with E-state index >= 15 is 0 Å². The van der Waals surface area contributed by atoms with E-state index in [-0.39, 0.29) is 11.9 Å². The minimum Gasteiger partial charge on any atom is -0.423 e. The van der Waals surface area contributed by atoms with Gasteiger partial charge in [0.2, 0.25) is 0 Å². The Morgan fingerprint density at radius 3 is 2.13 bits per heavy atom. The Kier molecular flexibility index (Phi) is 4.29. The first-order valence-corrected chi connectivity index (χ1v) is 7.63. The van der Waals surface area contributed by atoms with Crippen LogP contribution >= 0.6 is 0 Å². The number of rotatable bonds is 3. The van der Waals surface area contributed by atoms with E-state index in [2.05, 4.69) is 31.3 Å². The molecule has 0 aromatic heterocycles. The third kappa shape index (κ3) is 3.69. The molecule has 0 amide bonds. The predicted molar refractivity (Wildman–Crippen MR) is 91.2 cm³/mol. The largest absolute Gasteiger partial charge is 0.423 e. The molecule has 0 spiro atoms. The monoisotopic (exact) mass is 305 g/mol. The number of nitrogens with one attached hydrogen (secondary N) is 1. The molecule has 0 radical (unpaired) electrons. The summed E-state index contributed by atoms with van der Waals surface area (Å²) in [5, 5.41) is 3.29. The van der Waals surface area contributed by atoms with Gasteiger partial charge in [0.25, 0.3) is 0 Å². The van der Waals surface area contributed by atoms with Crippen LogP contribution < -0.4 is 10.1 Å². The highest BCUT2D eigenvalue weighted by Crippen LogP contribution is 2.26. The highest BCUT2D eigenvalue weighted by Gasteiger charge is 2.12. The second kappa shape index (κ2) is 6.53. The van der Waals surface area contributed by atoms with Crippen LogP contribution in [-0.4, -0.2) is 5.97 Å². The lowest BCUT2D eigenvalue weighted by Crippen LogP contribution is -2.14. The van der Waals surface area contributed by atoms with Crippen molar-refractivity contribution >= 4 is 5.97 Å². The standard InChI is InChI=1S/C20H19NO2/c1-14-12-18(13-15(2)21-14)16-8-10-19(11-9-16)23-20(22)17-6-4-3-5-7-17/h3-13,18,21H,1-2H3. The van der Waals surface area contributed by atoms with Crippen LogP contribution in [0.2, 0.25) is 0 Å². The molecule has 0 bridgehead atoms. The molecule has 3 nitrogen and oxygen atoms in total. The maximum Gasteiger partial charge on any atom is 0.343 e. The fourth-order valence-electron chi connectivity index (χ4n) is 2.67. The van der Waals surface area contributed by atoms with E-state index in [1.54, 1.807) is 12.1 Å². The number of esters is 1. The van der Waals surface area contributed by atoms with Gasteiger partial charge in [-0.2, -0.15) is 0 Å². The SMILES string of the molecule is CC1=CC(c2ccc(OC(=O)c3ccccc3)cc2)C=C(C)N1. The molecule has 2 aromatic carbocycles. The van der Waals surface area contributed by atoms with Gasteiger partial charge >= 0.3 is 5.97 Å². The number of allylic oxidation sites excluding steroid dienone is 4. The molecule has 0 saturated carbocycles. The molecule has 0 atom stereocenters. The van der Waals surface area contributed by atoms with Crippen LogP contribution in [0, 0.1) is 0 Å². The van der Waals surface area contributed by atoms with Gasteiger partial charge < -0.3 is 10.1 Å². The van der Waals surface area contributed by atoms with E-state index in [1.807, 2.05) is 42.5 Å². The third-order valence-electron chi connectivity index (χ3n) is 3.74. The summed E-state index contributed by atoms with van der Waals surface area (Å²) in [7, 11) is 0. The first-order valence-electron chi connectivity index (χ1n) is 7.63. The Labute approximate surface area is 136 Å². The van der Waals surface area contributed by atoms with Crippen LogP contribution in [-0.2, 0) is 0 Å². The highest BCUT2D eigenvalue weighted by molar-refractivity contribution is 5.90. The summed E-state index contributed by atoms with van der Waals surface area (Å²) in [5.74, 6) is 0.458. The van der Waals surface area contributed by atoms with Crippen molar-refractivity contribution in [2.24, 2.45) is 0 Å². The smallest absolute Gasteiger partial charge is 0.343 e. The highest BCUT2D eigenvalue weighted by atomic mass is 16.5. The molecule has 116 valence electrons. The molecule has 3 rings (SSSR count). The average Bonchev–Trinajstić information content (AvgIpc) is 2.55. The molecule has 0 aliphatic carbocycles. The maximum atomic E-state index is 12.0. The molecule has 1 N–H and O–H groups in total. The number of carbonyl (C=O) groups excluding carboxylic acids is 1. The number of hydrogen-bond donors (Lipinski definition) is 1. The van der Waals surface area contributed by atoms with E-state index < -0.39 is 0 Å². The van der Waals surface area contributed by atoms with Crippen molar-refractivity contribution in [3.05, 3.63) is 89.3 Å². The van der Waals surface area contributed by atoms with Gasteiger partial charge in [-0.3, -0.25) is 0 Å². The van der Waals surface area contributed by atoms with Crippen LogP contribution in [0.3, 0.4) is 0 Å². The van der Waals surface area contributed by atoms with Crippen molar-refractivity contribution in [1.29, 1.82) is 0 Å². The average molecular weight is 305 g/mol. The Hall–Kier alpha value is -2.81. The van der Waals surface area contributed by atoms with E-state index in [1.165, 1.54) is 5.56 Å². The second-order valence-corrected chi connectivity index (χ2v) is 5.67. The van der Waals surface area contributed by atoms with E-state index in [9.17, 15) is 4.79 Å². The minimum absolute atomic E-state index is 0.245. The Bertz CT molecular complexity index is 740. The van der Waals surface area contributed by atoms with Gasteiger partial charge in [-0.05, 0) is 43.7 Å². The molecule has 0 unspecified atom stereocenters. The van der Waals surface area contributed by atoms with Gasteiger partial charge in [0, 0.05) is 17.3 Å². The van der Waals surface area contributed by atoms with Crippen molar-refractivity contribution in [2.75, 3.05) is 0 Å². The number of dihydropyridines is 1. The summed E-state index contributed by atoms with van der Waals surface area (Å²) in [6.45, 7) is 4.11. The lowest BCUT2D eigenvalue weighted by molar-refractivity contribution is 0.0734. The van der Waals surface area contributed by atoms with E-state index in [4.69, 9.17) is 4.74 Å². The normalized spacial score (nSPS) is 14.5. The zero-order chi connectivity index (χ0) is 16.2. The Balaban J connectivity index is 1.73. The number of carbonyl (C=O) groups is 1. The van der Waals surface area contributed by atoms with Crippen molar-refractivity contribution in [3.8, 4) is 5.75 Å². The zero-order valence-corrected chi connectivity index (χ0v) is 13.2. The summed E-state index contributed by atoms with van der Waals surface area (Å²) in [6.07, 6.45) is 4.36. The van der Waals surface area contributed by atoms with Crippen LogP contribution in [0.5, 0.6) is 5.75 Å². The van der Waals surface area contributed by atoms with Gasteiger partial charge in [0.15, 0.2) is 0 Å². The molecule has 3 heteroatoms. The lowest BCUT2D eigenvalue weighted by Gasteiger charge is -2.19. The fraction of sp³-hybridized carbons (Fsp3) is 0.150. The zero-order valence-electron chi connectivity index (χ0n) is 13.2. The van der Waals surface area contributed by atoms with Gasteiger partial charge in [-0.15, -0.1) is 0 Å². The first-order chi connectivity index (χ1) is 11.1. The van der Waals surface area contributed by atoms with Gasteiger partial charge in [0.05, 0.1) is 5.56 Å². The van der Waals surface area contributed by atoms with Crippen LogP contribution in [0.4, 0.5) is 0 Å². The third-order valence-corrected chi connectivity index (χ3v) is 3.74. The number of hydrogen-bond acceptors (Lipinski definition) is 3. The minimum atomic E-state index is -0.341. The first kappa shape index (κ1) is 15.1. The summed E-state index contributed by atoms with van der Waals surface area (Å²) in [4.78, 5) is 12.0. The molecular weight excluding hydrogens is 286 g/mol. The summed E-state index contributed by atoms with van der Waals surface area (Å²) >= 11 is 0. The summed E-state index contributed by atoms with van der Waals surface area (Å²) in [6, 6.07) is 16.7. The van der Waals surface area contributed by atoms with Crippen molar-refractivity contribution in [2.45, 2.75) is 19.8 Å². The van der Waals surface area contributed by atoms with Gasteiger partial charge in [-0.25, -0.2) is 4.79 Å².